The lowest BCUT2D eigenvalue weighted by Gasteiger charge is -2.39. The van der Waals surface area contributed by atoms with Gasteiger partial charge in [0, 0.05) is 11.1 Å². The predicted octanol–water partition coefficient (Wildman–Crippen LogP) is 3.95. The SMILES string of the molecule is CC1(C)CCCC1(N)c1ccccc1OC(F)(F)F. The molecule has 1 aliphatic carbocycles. The molecule has 2 rings (SSSR count). The Balaban J connectivity index is 2.45. The van der Waals surface area contributed by atoms with Gasteiger partial charge in [-0.2, -0.15) is 0 Å². The van der Waals surface area contributed by atoms with Crippen molar-refractivity contribution in [2.24, 2.45) is 11.1 Å². The van der Waals surface area contributed by atoms with Crippen LogP contribution in [0.4, 0.5) is 13.2 Å². The molecule has 106 valence electrons. The van der Waals surface area contributed by atoms with E-state index in [2.05, 4.69) is 4.74 Å². The standard InChI is InChI=1S/C14H18F3NO/c1-12(2)8-5-9-13(12,18)10-6-3-4-7-11(10)19-14(15,16)17/h3-4,6-7H,5,8-9,18H2,1-2H3. The van der Waals surface area contributed by atoms with Crippen molar-refractivity contribution in [1.29, 1.82) is 0 Å². The first-order valence-electron chi connectivity index (χ1n) is 6.30. The Hall–Kier alpha value is -1.23. The fraction of sp³-hybridized carbons (Fsp3) is 0.571. The van der Waals surface area contributed by atoms with Crippen molar-refractivity contribution in [1.82, 2.24) is 0 Å². The van der Waals surface area contributed by atoms with Crippen LogP contribution in [-0.2, 0) is 5.54 Å². The third-order valence-electron chi connectivity index (χ3n) is 4.17. The third-order valence-corrected chi connectivity index (χ3v) is 4.17. The minimum absolute atomic E-state index is 0.188. The Bertz CT molecular complexity index is 470. The Labute approximate surface area is 110 Å². The lowest BCUT2D eigenvalue weighted by atomic mass is 9.71. The maximum atomic E-state index is 12.5. The molecular weight excluding hydrogens is 255 g/mol. The lowest BCUT2D eigenvalue weighted by Crippen LogP contribution is -2.46. The van der Waals surface area contributed by atoms with E-state index in [1.165, 1.54) is 12.1 Å². The number of nitrogens with two attached hydrogens (primary N) is 1. The van der Waals surface area contributed by atoms with E-state index in [1.807, 2.05) is 13.8 Å². The predicted molar refractivity (Wildman–Crippen MR) is 66.6 cm³/mol. The zero-order chi connectivity index (χ0) is 14.3. The van der Waals surface area contributed by atoms with Crippen molar-refractivity contribution in [2.75, 3.05) is 0 Å². The number of hydrogen-bond donors (Lipinski definition) is 1. The molecule has 0 aromatic heterocycles. The monoisotopic (exact) mass is 273 g/mol. The summed E-state index contributed by atoms with van der Waals surface area (Å²) >= 11 is 0. The van der Waals surface area contributed by atoms with Gasteiger partial charge in [0.2, 0.25) is 0 Å². The zero-order valence-electron chi connectivity index (χ0n) is 11.1. The summed E-state index contributed by atoms with van der Waals surface area (Å²) in [5.41, 5.74) is 5.84. The highest BCUT2D eigenvalue weighted by molar-refractivity contribution is 5.41. The van der Waals surface area contributed by atoms with Crippen LogP contribution in [-0.4, -0.2) is 6.36 Å². The molecule has 1 aliphatic rings. The highest BCUT2D eigenvalue weighted by Crippen LogP contribution is 2.52. The number of halogens is 3. The van der Waals surface area contributed by atoms with Gasteiger partial charge in [-0.05, 0) is 24.3 Å². The first-order chi connectivity index (χ1) is 8.66. The highest BCUT2D eigenvalue weighted by Gasteiger charge is 2.49. The van der Waals surface area contributed by atoms with Crippen LogP contribution in [0.3, 0.4) is 0 Å². The summed E-state index contributed by atoms with van der Waals surface area (Å²) in [5.74, 6) is -0.188. The molecule has 0 heterocycles. The molecule has 1 saturated carbocycles. The summed E-state index contributed by atoms with van der Waals surface area (Å²) in [4.78, 5) is 0. The van der Waals surface area contributed by atoms with Gasteiger partial charge in [0.25, 0.3) is 0 Å². The largest absolute Gasteiger partial charge is 0.573 e. The van der Waals surface area contributed by atoms with Crippen LogP contribution in [0.1, 0.15) is 38.7 Å². The quantitative estimate of drug-likeness (QED) is 0.885. The molecule has 0 saturated heterocycles. The van der Waals surface area contributed by atoms with Gasteiger partial charge >= 0.3 is 6.36 Å². The fourth-order valence-corrected chi connectivity index (χ4v) is 2.92. The summed E-state index contributed by atoms with van der Waals surface area (Å²) in [7, 11) is 0. The molecule has 1 fully saturated rings. The molecular formula is C14H18F3NO. The second-order valence-corrected chi connectivity index (χ2v) is 5.75. The van der Waals surface area contributed by atoms with Crippen LogP contribution < -0.4 is 10.5 Å². The van der Waals surface area contributed by atoms with E-state index >= 15 is 0 Å². The molecule has 5 heteroatoms. The van der Waals surface area contributed by atoms with E-state index in [0.29, 0.717) is 12.0 Å². The Morgan fingerprint density at radius 3 is 2.32 bits per heavy atom. The topological polar surface area (TPSA) is 35.2 Å². The van der Waals surface area contributed by atoms with E-state index in [-0.39, 0.29) is 11.2 Å². The van der Waals surface area contributed by atoms with Crippen molar-refractivity contribution >= 4 is 0 Å². The van der Waals surface area contributed by atoms with Crippen molar-refractivity contribution < 1.29 is 17.9 Å². The van der Waals surface area contributed by atoms with Crippen molar-refractivity contribution in [3.8, 4) is 5.75 Å². The molecule has 1 aromatic rings. The molecule has 1 aromatic carbocycles. The van der Waals surface area contributed by atoms with Gasteiger partial charge in [-0.3, -0.25) is 0 Å². The van der Waals surface area contributed by atoms with E-state index in [0.717, 1.165) is 12.8 Å². The van der Waals surface area contributed by atoms with Gasteiger partial charge in [0.1, 0.15) is 5.75 Å². The van der Waals surface area contributed by atoms with E-state index in [4.69, 9.17) is 5.73 Å². The molecule has 0 spiro atoms. The van der Waals surface area contributed by atoms with Crippen molar-refractivity contribution in [2.45, 2.75) is 45.0 Å². The Morgan fingerprint density at radius 2 is 1.79 bits per heavy atom. The minimum Gasteiger partial charge on any atom is -0.405 e. The average Bonchev–Trinajstić information content (AvgIpc) is 2.52. The van der Waals surface area contributed by atoms with Gasteiger partial charge in [-0.25, -0.2) is 0 Å². The molecule has 1 atom stereocenters. The number of ether oxygens (including phenoxy) is 1. The van der Waals surface area contributed by atoms with E-state index in [9.17, 15) is 13.2 Å². The van der Waals surface area contributed by atoms with Gasteiger partial charge in [0.15, 0.2) is 0 Å². The number of benzene rings is 1. The molecule has 2 nitrogen and oxygen atoms in total. The normalized spacial score (nSPS) is 26.4. The average molecular weight is 273 g/mol. The Kier molecular flexibility index (Phi) is 3.29. The van der Waals surface area contributed by atoms with Gasteiger partial charge in [-0.1, -0.05) is 38.5 Å². The van der Waals surface area contributed by atoms with E-state index < -0.39 is 11.9 Å². The number of alkyl halides is 3. The first kappa shape index (κ1) is 14.2. The summed E-state index contributed by atoms with van der Waals surface area (Å²) in [6.45, 7) is 3.98. The van der Waals surface area contributed by atoms with E-state index in [1.54, 1.807) is 12.1 Å². The second-order valence-electron chi connectivity index (χ2n) is 5.75. The fourth-order valence-electron chi connectivity index (χ4n) is 2.92. The van der Waals surface area contributed by atoms with Gasteiger partial charge in [-0.15, -0.1) is 13.2 Å². The number of hydrogen-bond acceptors (Lipinski definition) is 2. The zero-order valence-corrected chi connectivity index (χ0v) is 11.1. The molecule has 19 heavy (non-hydrogen) atoms. The summed E-state index contributed by atoms with van der Waals surface area (Å²) < 4.78 is 41.5. The molecule has 0 amide bonds. The van der Waals surface area contributed by atoms with Crippen molar-refractivity contribution in [3.63, 3.8) is 0 Å². The van der Waals surface area contributed by atoms with Crippen LogP contribution >= 0.6 is 0 Å². The van der Waals surface area contributed by atoms with Crippen LogP contribution in [0.25, 0.3) is 0 Å². The number of para-hydroxylation sites is 1. The van der Waals surface area contributed by atoms with Crippen LogP contribution in [0.2, 0.25) is 0 Å². The molecule has 0 aliphatic heterocycles. The smallest absolute Gasteiger partial charge is 0.405 e. The molecule has 0 radical (unpaired) electrons. The lowest BCUT2D eigenvalue weighted by molar-refractivity contribution is -0.275. The maximum absolute atomic E-state index is 12.5. The number of rotatable bonds is 2. The minimum atomic E-state index is -4.70. The van der Waals surface area contributed by atoms with Crippen molar-refractivity contribution in [3.05, 3.63) is 29.8 Å². The maximum Gasteiger partial charge on any atom is 0.573 e. The highest BCUT2D eigenvalue weighted by atomic mass is 19.4. The summed E-state index contributed by atoms with van der Waals surface area (Å²) in [5, 5.41) is 0. The van der Waals surface area contributed by atoms with Crippen LogP contribution in [0.5, 0.6) is 5.75 Å². The van der Waals surface area contributed by atoms with Gasteiger partial charge < -0.3 is 10.5 Å². The molecule has 0 bridgehead atoms. The van der Waals surface area contributed by atoms with Crippen LogP contribution in [0, 0.1) is 5.41 Å². The second kappa shape index (κ2) is 4.40. The molecule has 1 unspecified atom stereocenters. The molecule has 2 N–H and O–H groups in total. The Morgan fingerprint density at radius 1 is 1.16 bits per heavy atom. The first-order valence-corrected chi connectivity index (χ1v) is 6.30. The summed E-state index contributed by atoms with van der Waals surface area (Å²) in [6, 6.07) is 6.18. The third kappa shape index (κ3) is 2.56. The summed E-state index contributed by atoms with van der Waals surface area (Å²) in [6.07, 6.45) is -2.23. The van der Waals surface area contributed by atoms with Crippen LogP contribution in [0.15, 0.2) is 24.3 Å². The van der Waals surface area contributed by atoms with Gasteiger partial charge in [0.05, 0.1) is 0 Å².